The molecule has 0 aromatic heterocycles. The van der Waals surface area contributed by atoms with E-state index in [0.29, 0.717) is 23.6 Å². The van der Waals surface area contributed by atoms with Crippen molar-refractivity contribution in [1.82, 2.24) is 0 Å². The first kappa shape index (κ1) is 15.9. The molecule has 0 amide bonds. The van der Waals surface area contributed by atoms with Gasteiger partial charge in [-0.1, -0.05) is 19.1 Å². The van der Waals surface area contributed by atoms with Gasteiger partial charge in [0.15, 0.2) is 0 Å². The molecular weight excluding hydrogens is 280 g/mol. The quantitative estimate of drug-likeness (QED) is 0.359. The Morgan fingerprint density at radius 3 is 2.41 bits per heavy atom. The Labute approximate surface area is 129 Å². The van der Waals surface area contributed by atoms with Crippen molar-refractivity contribution >= 4 is 22.7 Å². The van der Waals surface area contributed by atoms with E-state index in [-0.39, 0.29) is 6.42 Å². The number of para-hydroxylation sites is 2. The van der Waals surface area contributed by atoms with Gasteiger partial charge in [0.1, 0.15) is 0 Å². The molecule has 6 nitrogen and oxygen atoms in total. The van der Waals surface area contributed by atoms with E-state index in [0.717, 1.165) is 11.3 Å². The van der Waals surface area contributed by atoms with Crippen LogP contribution in [0.4, 0.5) is 22.7 Å². The fraction of sp³-hybridized carbons (Fsp3) is 0.250. The molecule has 0 spiro atoms. The van der Waals surface area contributed by atoms with Gasteiger partial charge < -0.3 is 32.3 Å². The first-order valence-corrected chi connectivity index (χ1v) is 7.11. The van der Waals surface area contributed by atoms with E-state index in [1.165, 1.54) is 0 Å². The molecular formula is C16H22N4O2. The first-order chi connectivity index (χ1) is 10.4. The lowest BCUT2D eigenvalue weighted by atomic mass is 10.1. The van der Waals surface area contributed by atoms with Gasteiger partial charge in [-0.15, -0.1) is 0 Å². The Morgan fingerprint density at radius 1 is 1.05 bits per heavy atom. The predicted octanol–water partition coefficient (Wildman–Crippen LogP) is 1.92. The molecule has 0 atom stereocenters. The third-order valence-corrected chi connectivity index (χ3v) is 3.39. The summed E-state index contributed by atoms with van der Waals surface area (Å²) < 4.78 is 0. The van der Waals surface area contributed by atoms with Crippen molar-refractivity contribution < 1.29 is 10.2 Å². The van der Waals surface area contributed by atoms with Gasteiger partial charge in [-0.25, -0.2) is 0 Å². The maximum Gasteiger partial charge on any atom is 0.243 e. The second-order valence-electron chi connectivity index (χ2n) is 5.15. The lowest BCUT2D eigenvalue weighted by Gasteiger charge is -2.24. The van der Waals surface area contributed by atoms with Crippen LogP contribution in [0.3, 0.4) is 0 Å². The second-order valence-corrected chi connectivity index (χ2v) is 5.15. The number of hydrogen-bond acceptors (Lipinski definition) is 6. The van der Waals surface area contributed by atoms with Crippen molar-refractivity contribution in [3.63, 3.8) is 0 Å². The van der Waals surface area contributed by atoms with E-state index in [1.807, 2.05) is 24.3 Å². The zero-order valence-corrected chi connectivity index (χ0v) is 12.5. The van der Waals surface area contributed by atoms with Crippen molar-refractivity contribution in [3.05, 3.63) is 48.0 Å². The predicted molar refractivity (Wildman–Crippen MR) is 90.1 cm³/mol. The maximum absolute atomic E-state index is 9.75. The van der Waals surface area contributed by atoms with Crippen LogP contribution in [0.1, 0.15) is 18.9 Å². The lowest BCUT2D eigenvalue weighted by Crippen LogP contribution is -2.37. The number of rotatable bonds is 6. The number of nitrogens with one attached hydrogen (secondary N) is 2. The van der Waals surface area contributed by atoms with Gasteiger partial charge in [0.25, 0.3) is 0 Å². The topological polar surface area (TPSA) is 117 Å². The van der Waals surface area contributed by atoms with Crippen LogP contribution in [0.25, 0.3) is 0 Å². The van der Waals surface area contributed by atoms with Crippen LogP contribution in [0.5, 0.6) is 0 Å². The smallest absolute Gasteiger partial charge is 0.243 e. The van der Waals surface area contributed by atoms with Crippen molar-refractivity contribution in [3.8, 4) is 0 Å². The molecule has 0 saturated heterocycles. The molecule has 8 N–H and O–H groups in total. The van der Waals surface area contributed by atoms with Crippen molar-refractivity contribution in [2.24, 2.45) is 0 Å². The van der Waals surface area contributed by atoms with E-state index in [2.05, 4.69) is 10.6 Å². The highest BCUT2D eigenvalue weighted by Crippen LogP contribution is 2.25. The summed E-state index contributed by atoms with van der Waals surface area (Å²) in [5.74, 6) is -1.95. The largest absolute Gasteiger partial charge is 0.399 e. The van der Waals surface area contributed by atoms with Gasteiger partial charge in [0.2, 0.25) is 5.91 Å². The Kier molecular flexibility index (Phi) is 4.75. The lowest BCUT2D eigenvalue weighted by molar-refractivity contribution is -0.137. The SMILES string of the molecule is CCC(O)(O)Nc1ccccc1NCc1cc(N)ccc1N. The zero-order valence-electron chi connectivity index (χ0n) is 12.5. The summed E-state index contributed by atoms with van der Waals surface area (Å²) >= 11 is 0. The number of nitrogens with two attached hydrogens (primary N) is 2. The fourth-order valence-electron chi connectivity index (χ4n) is 2.02. The standard InChI is InChI=1S/C16H22N4O2/c1-2-16(21,22)20-15-6-4-3-5-14(15)19-10-11-9-12(17)7-8-13(11)18/h3-9,19-22H,2,10,17-18H2,1H3. The van der Waals surface area contributed by atoms with Gasteiger partial charge in [-0.3, -0.25) is 0 Å². The monoisotopic (exact) mass is 302 g/mol. The molecule has 0 heterocycles. The molecule has 0 unspecified atom stereocenters. The molecule has 2 aromatic rings. The highest BCUT2D eigenvalue weighted by molar-refractivity contribution is 5.69. The average Bonchev–Trinajstić information content (AvgIpc) is 2.49. The minimum absolute atomic E-state index is 0.156. The second kappa shape index (κ2) is 6.55. The average molecular weight is 302 g/mol. The molecule has 0 radical (unpaired) electrons. The third kappa shape index (κ3) is 4.03. The Bertz CT molecular complexity index is 644. The minimum atomic E-state index is -1.95. The molecule has 0 fully saturated rings. The fourth-order valence-corrected chi connectivity index (χ4v) is 2.02. The van der Waals surface area contributed by atoms with Crippen LogP contribution < -0.4 is 22.1 Å². The Morgan fingerprint density at radius 2 is 1.73 bits per heavy atom. The molecule has 0 saturated carbocycles. The molecule has 0 aliphatic heterocycles. The summed E-state index contributed by atoms with van der Waals surface area (Å²) in [4.78, 5) is 0. The zero-order chi connectivity index (χ0) is 16.2. The molecule has 0 aliphatic carbocycles. The third-order valence-electron chi connectivity index (χ3n) is 3.39. The molecule has 22 heavy (non-hydrogen) atoms. The molecule has 2 rings (SSSR count). The van der Waals surface area contributed by atoms with Crippen molar-refractivity contribution in [2.75, 3.05) is 22.1 Å². The van der Waals surface area contributed by atoms with Gasteiger partial charge in [-0.2, -0.15) is 0 Å². The van der Waals surface area contributed by atoms with Crippen LogP contribution in [0.15, 0.2) is 42.5 Å². The summed E-state index contributed by atoms with van der Waals surface area (Å²) in [6.45, 7) is 2.15. The highest BCUT2D eigenvalue weighted by atomic mass is 16.5. The molecule has 6 heteroatoms. The molecule has 118 valence electrons. The summed E-state index contributed by atoms with van der Waals surface area (Å²) in [5, 5.41) is 25.4. The first-order valence-electron chi connectivity index (χ1n) is 7.11. The summed E-state index contributed by atoms with van der Waals surface area (Å²) in [7, 11) is 0. The summed E-state index contributed by atoms with van der Waals surface area (Å²) in [6.07, 6.45) is 0.156. The van der Waals surface area contributed by atoms with Crippen molar-refractivity contribution in [1.29, 1.82) is 0 Å². The number of nitrogen functional groups attached to an aromatic ring is 2. The normalized spacial score (nSPS) is 11.2. The molecule has 0 aliphatic rings. The van der Waals surface area contributed by atoms with E-state index in [9.17, 15) is 10.2 Å². The number of benzene rings is 2. The summed E-state index contributed by atoms with van der Waals surface area (Å²) in [5.41, 5.74) is 15.2. The van der Waals surface area contributed by atoms with Crippen LogP contribution in [-0.2, 0) is 6.54 Å². The maximum atomic E-state index is 9.75. The summed E-state index contributed by atoms with van der Waals surface area (Å²) in [6, 6.07) is 12.6. The Balaban J connectivity index is 2.15. The van der Waals surface area contributed by atoms with Crippen LogP contribution in [0.2, 0.25) is 0 Å². The van der Waals surface area contributed by atoms with Gasteiger partial charge >= 0.3 is 0 Å². The van der Waals surface area contributed by atoms with E-state index in [4.69, 9.17) is 11.5 Å². The number of aliphatic hydroxyl groups is 2. The van der Waals surface area contributed by atoms with E-state index >= 15 is 0 Å². The van der Waals surface area contributed by atoms with Crippen molar-refractivity contribution in [2.45, 2.75) is 25.8 Å². The van der Waals surface area contributed by atoms with Gasteiger partial charge in [0, 0.05) is 24.3 Å². The highest BCUT2D eigenvalue weighted by Gasteiger charge is 2.20. The van der Waals surface area contributed by atoms with Crippen LogP contribution in [-0.4, -0.2) is 16.1 Å². The van der Waals surface area contributed by atoms with E-state index in [1.54, 1.807) is 25.1 Å². The number of anilines is 4. The van der Waals surface area contributed by atoms with Crippen LogP contribution >= 0.6 is 0 Å². The Hall–Kier alpha value is -2.44. The van der Waals surface area contributed by atoms with E-state index < -0.39 is 5.91 Å². The van der Waals surface area contributed by atoms with Crippen LogP contribution in [0, 0.1) is 0 Å². The van der Waals surface area contributed by atoms with Gasteiger partial charge in [0.05, 0.1) is 11.4 Å². The van der Waals surface area contributed by atoms with Gasteiger partial charge in [-0.05, 0) is 35.9 Å². The molecule has 2 aromatic carbocycles. The number of hydrogen-bond donors (Lipinski definition) is 6. The minimum Gasteiger partial charge on any atom is -0.399 e. The molecule has 0 bridgehead atoms.